The van der Waals surface area contributed by atoms with Gasteiger partial charge in [-0.15, -0.1) is 0 Å². The second-order valence-electron chi connectivity index (χ2n) is 26.2. The maximum Gasteiger partial charge on any atom is 0.0464 e. The second-order valence-corrected chi connectivity index (χ2v) is 26.2. The largest absolute Gasteiger partial charge is 0.311 e. The van der Waals surface area contributed by atoms with E-state index in [2.05, 4.69) is 315 Å². The molecule has 93 heavy (non-hydrogen) atoms. The van der Waals surface area contributed by atoms with Gasteiger partial charge in [-0.1, -0.05) is 291 Å². The highest BCUT2D eigenvalue weighted by Crippen LogP contribution is 2.55. The van der Waals surface area contributed by atoms with Crippen molar-refractivity contribution in [3.05, 3.63) is 313 Å². The Morgan fingerprint density at radius 3 is 0.989 bits per heavy atom. The summed E-state index contributed by atoms with van der Waals surface area (Å²) in [6.07, 6.45) is 20.6. The molecule has 0 atom stereocenters. The average molecular weight is 1210 g/mol. The number of benzene rings is 12. The van der Waals surface area contributed by atoms with Gasteiger partial charge in [0.05, 0.1) is 0 Å². The van der Waals surface area contributed by atoms with Crippen molar-refractivity contribution in [2.45, 2.75) is 122 Å². The number of nitrogens with zero attached hydrogens (tertiary/aromatic N) is 2. The van der Waals surface area contributed by atoms with E-state index < -0.39 is 0 Å². The van der Waals surface area contributed by atoms with Crippen LogP contribution in [0, 0.1) is 0 Å². The van der Waals surface area contributed by atoms with E-state index in [1.807, 2.05) is 0 Å². The molecule has 2 aliphatic rings. The van der Waals surface area contributed by atoms with E-state index in [0.29, 0.717) is 0 Å². The molecule has 2 heteroatoms. The fourth-order valence-electron chi connectivity index (χ4n) is 15.0. The monoisotopic (exact) mass is 1210 g/mol. The summed E-state index contributed by atoms with van der Waals surface area (Å²) in [7, 11) is 0. The van der Waals surface area contributed by atoms with Crippen molar-refractivity contribution < 1.29 is 0 Å². The number of fused-ring (bicyclic) bond motifs is 4. The van der Waals surface area contributed by atoms with Gasteiger partial charge in [0.2, 0.25) is 0 Å². The summed E-state index contributed by atoms with van der Waals surface area (Å²) in [6.45, 7) is 4.65. The van der Waals surface area contributed by atoms with E-state index >= 15 is 0 Å². The van der Waals surface area contributed by atoms with Gasteiger partial charge in [0.25, 0.3) is 0 Å². The molecule has 0 bridgehead atoms. The van der Waals surface area contributed by atoms with Gasteiger partial charge in [-0.05, 0) is 217 Å². The molecule has 460 valence electrons. The Morgan fingerprint density at radius 2 is 0.559 bits per heavy atom. The van der Waals surface area contributed by atoms with Gasteiger partial charge in [-0.2, -0.15) is 0 Å². The first-order valence-electron chi connectivity index (χ1n) is 34.8. The first-order chi connectivity index (χ1) is 46.0. The van der Waals surface area contributed by atoms with Crippen LogP contribution in [-0.4, -0.2) is 0 Å². The summed E-state index contributed by atoms with van der Waals surface area (Å²) in [6, 6.07) is 109. The molecule has 12 aromatic carbocycles. The molecule has 0 fully saturated rings. The van der Waals surface area contributed by atoms with E-state index in [0.717, 1.165) is 41.3 Å². The predicted molar refractivity (Wildman–Crippen MR) is 398 cm³/mol. The number of unbranched alkanes of at least 4 members (excludes halogenated alkanes) is 10. The Morgan fingerprint density at radius 1 is 0.237 bits per heavy atom. The van der Waals surface area contributed by atoms with Gasteiger partial charge >= 0.3 is 0 Å². The third-order valence-electron chi connectivity index (χ3n) is 20.2. The van der Waals surface area contributed by atoms with Gasteiger partial charge in [-0.25, -0.2) is 0 Å². The Labute approximate surface area is 554 Å². The quantitative estimate of drug-likeness (QED) is 0.0499. The lowest BCUT2D eigenvalue weighted by Crippen LogP contribution is -2.25. The van der Waals surface area contributed by atoms with Crippen molar-refractivity contribution in [3.8, 4) is 77.9 Å². The summed E-state index contributed by atoms with van der Waals surface area (Å²) in [5, 5.41) is 0. The number of aryl methyl sites for hydroxylation is 2. The maximum absolute atomic E-state index is 2.60. The van der Waals surface area contributed by atoms with E-state index in [1.54, 1.807) is 11.1 Å². The van der Waals surface area contributed by atoms with Crippen molar-refractivity contribution >= 4 is 34.1 Å². The van der Waals surface area contributed by atoms with Crippen LogP contribution in [0.25, 0.3) is 77.9 Å². The van der Waals surface area contributed by atoms with Crippen LogP contribution < -0.4 is 9.80 Å². The molecular weight excluding hydrogens is 1120 g/mol. The molecule has 0 N–H and O–H groups in total. The average Bonchev–Trinajstić information content (AvgIpc) is 1.58. The first kappa shape index (κ1) is 60.8. The van der Waals surface area contributed by atoms with Crippen molar-refractivity contribution in [1.82, 2.24) is 0 Å². The van der Waals surface area contributed by atoms with Crippen LogP contribution in [0.3, 0.4) is 0 Å². The van der Waals surface area contributed by atoms with Crippen molar-refractivity contribution in [3.63, 3.8) is 0 Å². The van der Waals surface area contributed by atoms with Crippen LogP contribution in [0.15, 0.2) is 291 Å². The Balaban J connectivity index is 0.738. The maximum atomic E-state index is 2.60. The SMILES string of the molecule is CCCCCCCCC1(CCCCCCCC)c2ccccc2-c2ccc(-c3ccc(N(c4ccc(-c5ccccc5)cc4)c4ccc(-c5cccc(-c6ccc(N(c7ccc(-c8cccc(-c9ccccc9)c8)cc7)c7ccc8c(c7)CC8)cc6)c5)cc4)cc3)cc21. The number of rotatable bonds is 26. The fraction of sp³-hybridized carbons (Fsp3) is 0.209. The minimum Gasteiger partial charge on any atom is -0.311 e. The molecule has 0 amide bonds. The van der Waals surface area contributed by atoms with Crippen LogP contribution in [0.1, 0.15) is 126 Å². The second kappa shape index (κ2) is 28.4. The molecule has 0 radical (unpaired) electrons. The lowest BCUT2D eigenvalue weighted by Gasteiger charge is -2.33. The van der Waals surface area contributed by atoms with Gasteiger partial charge < -0.3 is 9.80 Å². The van der Waals surface area contributed by atoms with Crippen molar-refractivity contribution in [1.29, 1.82) is 0 Å². The Bertz CT molecular complexity index is 4410. The van der Waals surface area contributed by atoms with Crippen molar-refractivity contribution in [2.24, 2.45) is 0 Å². The Hall–Kier alpha value is -9.76. The van der Waals surface area contributed by atoms with Crippen molar-refractivity contribution in [2.75, 3.05) is 9.80 Å². The molecule has 14 rings (SSSR count). The lowest BCUT2D eigenvalue weighted by atomic mass is 9.70. The molecule has 0 aromatic heterocycles. The van der Waals surface area contributed by atoms with Crippen LogP contribution in [0.2, 0.25) is 0 Å². The van der Waals surface area contributed by atoms with Crippen LogP contribution in [-0.2, 0) is 18.3 Å². The zero-order valence-electron chi connectivity index (χ0n) is 54.4. The van der Waals surface area contributed by atoms with E-state index in [1.165, 1.54) is 185 Å². The molecule has 2 nitrogen and oxygen atoms in total. The minimum atomic E-state index is 0.0401. The summed E-state index contributed by atoms with van der Waals surface area (Å²) in [5.41, 5.74) is 30.3. The zero-order chi connectivity index (χ0) is 62.8. The zero-order valence-corrected chi connectivity index (χ0v) is 54.4. The molecular formula is C91H86N2. The summed E-state index contributed by atoms with van der Waals surface area (Å²) >= 11 is 0. The molecule has 0 aliphatic heterocycles. The molecule has 12 aromatic rings. The highest BCUT2D eigenvalue weighted by atomic mass is 15.1. The predicted octanol–water partition coefficient (Wildman–Crippen LogP) is 26.5. The van der Waals surface area contributed by atoms with Crippen LogP contribution in [0.5, 0.6) is 0 Å². The molecule has 0 heterocycles. The lowest BCUT2D eigenvalue weighted by molar-refractivity contribution is 0.398. The van der Waals surface area contributed by atoms with Gasteiger partial charge in [0.1, 0.15) is 0 Å². The standard InChI is InChI=1S/C91H86N2/c1-3-5-7-9-11-21-61-91(62-22-12-10-8-6-4-2)89-34-20-19-33-87(89)88-60-48-80(66-90(88)91)74-45-53-83(54-46-74)92(81-49-37-69(38-50-81)67-25-15-13-16-26-67)82-51-39-71(40-52-82)77-31-24-32-78(64-77)73-43-57-85(58-44-73)93(86-59-47-70-35-36-79(70)65-86)84-55-41-72(42-56-84)76-30-23-29-75(63-76)68-27-17-14-18-28-68/h13-20,23-34,37-60,63-66H,3-12,21-22,35-36,61-62H2,1-2H3. The highest BCUT2D eigenvalue weighted by molar-refractivity contribution is 5.87. The smallest absolute Gasteiger partial charge is 0.0464 e. The number of anilines is 6. The van der Waals surface area contributed by atoms with Gasteiger partial charge in [0.15, 0.2) is 0 Å². The fourth-order valence-corrected chi connectivity index (χ4v) is 15.0. The molecule has 0 saturated heterocycles. The third-order valence-corrected chi connectivity index (χ3v) is 20.2. The van der Waals surface area contributed by atoms with Crippen LogP contribution >= 0.6 is 0 Å². The molecule has 0 spiro atoms. The summed E-state index contributed by atoms with van der Waals surface area (Å²) < 4.78 is 0. The third kappa shape index (κ3) is 13.2. The molecule has 2 aliphatic carbocycles. The van der Waals surface area contributed by atoms with Gasteiger partial charge in [0, 0.05) is 39.5 Å². The highest BCUT2D eigenvalue weighted by Gasteiger charge is 2.42. The number of hydrogen-bond acceptors (Lipinski definition) is 2. The number of hydrogen-bond donors (Lipinski definition) is 0. The Kier molecular flexibility index (Phi) is 18.6. The van der Waals surface area contributed by atoms with E-state index in [9.17, 15) is 0 Å². The first-order valence-corrected chi connectivity index (χ1v) is 34.8. The van der Waals surface area contributed by atoms with Crippen LogP contribution in [0.4, 0.5) is 34.1 Å². The van der Waals surface area contributed by atoms with Gasteiger partial charge in [-0.3, -0.25) is 0 Å². The summed E-state index contributed by atoms with van der Waals surface area (Å²) in [4.78, 5) is 4.82. The summed E-state index contributed by atoms with van der Waals surface area (Å²) in [5.74, 6) is 0. The van der Waals surface area contributed by atoms with E-state index in [4.69, 9.17) is 0 Å². The minimum absolute atomic E-state index is 0.0401. The topological polar surface area (TPSA) is 6.48 Å². The normalized spacial score (nSPS) is 12.6. The van der Waals surface area contributed by atoms with E-state index in [-0.39, 0.29) is 5.41 Å². The molecule has 0 saturated carbocycles. The molecule has 0 unspecified atom stereocenters.